The number of aliphatic imine (C=N–C) groups is 1. The Balaban J connectivity index is 1.49. The number of anilines is 1. The lowest BCUT2D eigenvalue weighted by atomic mass is 10.0. The van der Waals surface area contributed by atoms with Crippen LogP contribution in [0.5, 0.6) is 0 Å². The van der Waals surface area contributed by atoms with E-state index in [2.05, 4.69) is 20.4 Å². The molecule has 1 amide bonds. The standard InChI is InChI=1S/C20H13F2N5O2/c1-27-15-7-14(21)16(17(22)13(15)9-25-27)19(28)26-11-3-2-10-8-24-18(12(10)6-11)20-23-4-5-29-20/h2-7,9H,8H2,1H3,(H,26,28). The summed E-state index contributed by atoms with van der Waals surface area (Å²) in [6.07, 6.45) is 4.22. The summed E-state index contributed by atoms with van der Waals surface area (Å²) in [7, 11) is 1.57. The van der Waals surface area contributed by atoms with Crippen molar-refractivity contribution < 1.29 is 18.0 Å². The van der Waals surface area contributed by atoms with Crippen LogP contribution in [0.2, 0.25) is 0 Å². The molecule has 144 valence electrons. The molecule has 2 aromatic heterocycles. The molecule has 7 nitrogen and oxygen atoms in total. The van der Waals surface area contributed by atoms with Crippen molar-refractivity contribution in [3.8, 4) is 0 Å². The highest BCUT2D eigenvalue weighted by Gasteiger charge is 2.24. The maximum absolute atomic E-state index is 14.8. The van der Waals surface area contributed by atoms with Gasteiger partial charge in [-0.1, -0.05) is 6.07 Å². The molecule has 1 N–H and O–H groups in total. The zero-order valence-corrected chi connectivity index (χ0v) is 15.1. The van der Waals surface area contributed by atoms with Crippen LogP contribution < -0.4 is 5.32 Å². The molecule has 0 fully saturated rings. The minimum Gasteiger partial charge on any atom is -0.443 e. The number of oxazole rings is 1. The van der Waals surface area contributed by atoms with Gasteiger partial charge in [0.1, 0.15) is 29.2 Å². The Labute approximate surface area is 162 Å². The maximum atomic E-state index is 14.8. The summed E-state index contributed by atoms with van der Waals surface area (Å²) >= 11 is 0. The number of amides is 1. The number of nitrogens with one attached hydrogen (secondary N) is 1. The summed E-state index contributed by atoms with van der Waals surface area (Å²) in [5.74, 6) is -2.43. The number of rotatable bonds is 3. The van der Waals surface area contributed by atoms with Crippen LogP contribution in [0.15, 0.2) is 52.3 Å². The first-order valence-electron chi connectivity index (χ1n) is 8.71. The highest BCUT2D eigenvalue weighted by Crippen LogP contribution is 2.27. The highest BCUT2D eigenvalue weighted by atomic mass is 19.1. The second kappa shape index (κ2) is 6.33. The van der Waals surface area contributed by atoms with Gasteiger partial charge in [-0.05, 0) is 17.7 Å². The minimum atomic E-state index is -0.959. The molecule has 2 aromatic carbocycles. The summed E-state index contributed by atoms with van der Waals surface area (Å²) in [6.45, 7) is 0.461. The van der Waals surface area contributed by atoms with E-state index in [1.54, 1.807) is 25.2 Å². The minimum absolute atomic E-state index is 0.0753. The van der Waals surface area contributed by atoms with E-state index < -0.39 is 23.1 Å². The number of hydrogen-bond donors (Lipinski definition) is 1. The smallest absolute Gasteiger partial charge is 0.261 e. The van der Waals surface area contributed by atoms with Gasteiger partial charge in [-0.25, -0.2) is 13.8 Å². The quantitative estimate of drug-likeness (QED) is 0.578. The third-order valence-electron chi connectivity index (χ3n) is 4.84. The zero-order chi connectivity index (χ0) is 20.1. The molecule has 0 aliphatic carbocycles. The van der Waals surface area contributed by atoms with Gasteiger partial charge in [-0.3, -0.25) is 14.5 Å². The number of carbonyl (C=O) groups excluding carboxylic acids is 1. The molecule has 0 bridgehead atoms. The summed E-state index contributed by atoms with van der Waals surface area (Å²) < 4.78 is 35.9. The fourth-order valence-corrected chi connectivity index (χ4v) is 3.41. The van der Waals surface area contributed by atoms with Crippen molar-refractivity contribution in [1.29, 1.82) is 0 Å². The largest absolute Gasteiger partial charge is 0.443 e. The van der Waals surface area contributed by atoms with E-state index in [1.807, 2.05) is 0 Å². The molecular formula is C20H13F2N5O2. The van der Waals surface area contributed by atoms with Crippen LogP contribution in [0.25, 0.3) is 10.9 Å². The Bertz CT molecular complexity index is 1310. The average molecular weight is 393 g/mol. The molecular weight excluding hydrogens is 380 g/mol. The lowest BCUT2D eigenvalue weighted by Gasteiger charge is -2.10. The number of hydrogen-bond acceptors (Lipinski definition) is 5. The topological polar surface area (TPSA) is 85.3 Å². The van der Waals surface area contributed by atoms with Crippen molar-refractivity contribution in [2.45, 2.75) is 6.54 Å². The summed E-state index contributed by atoms with van der Waals surface area (Å²) in [5.41, 5.74) is 2.22. The molecule has 0 radical (unpaired) electrons. The van der Waals surface area contributed by atoms with Crippen LogP contribution in [0, 0.1) is 11.6 Å². The van der Waals surface area contributed by atoms with Crippen LogP contribution in [-0.2, 0) is 13.6 Å². The van der Waals surface area contributed by atoms with Gasteiger partial charge in [-0.2, -0.15) is 5.10 Å². The van der Waals surface area contributed by atoms with E-state index in [-0.39, 0.29) is 10.9 Å². The number of carbonyl (C=O) groups is 1. The van der Waals surface area contributed by atoms with Crippen LogP contribution in [0.3, 0.4) is 0 Å². The second-order valence-electron chi connectivity index (χ2n) is 6.58. The van der Waals surface area contributed by atoms with Gasteiger partial charge in [-0.15, -0.1) is 0 Å². The molecule has 0 saturated carbocycles. The molecule has 0 atom stereocenters. The van der Waals surface area contributed by atoms with Crippen molar-refractivity contribution in [2.24, 2.45) is 12.0 Å². The Kier molecular flexibility index (Phi) is 3.76. The van der Waals surface area contributed by atoms with Gasteiger partial charge in [0.25, 0.3) is 5.91 Å². The molecule has 1 aliphatic heterocycles. The number of fused-ring (bicyclic) bond motifs is 2. The number of nitrogens with zero attached hydrogens (tertiary/aromatic N) is 4. The van der Waals surface area contributed by atoms with Crippen LogP contribution in [0.1, 0.15) is 27.4 Å². The van der Waals surface area contributed by atoms with Gasteiger partial charge >= 0.3 is 0 Å². The molecule has 9 heteroatoms. The molecule has 5 rings (SSSR count). The van der Waals surface area contributed by atoms with E-state index >= 15 is 0 Å². The number of aryl methyl sites for hydroxylation is 1. The van der Waals surface area contributed by atoms with Crippen molar-refractivity contribution >= 4 is 28.2 Å². The first-order chi connectivity index (χ1) is 14.0. The van der Waals surface area contributed by atoms with Gasteiger partial charge in [0.05, 0.1) is 29.8 Å². The van der Waals surface area contributed by atoms with Gasteiger partial charge in [0.15, 0.2) is 0 Å². The molecule has 4 aromatic rings. The fourth-order valence-electron chi connectivity index (χ4n) is 3.41. The van der Waals surface area contributed by atoms with Crippen LogP contribution in [-0.4, -0.2) is 26.4 Å². The molecule has 0 unspecified atom stereocenters. The predicted molar refractivity (Wildman–Crippen MR) is 101 cm³/mol. The van der Waals surface area contributed by atoms with Crippen molar-refractivity contribution in [1.82, 2.24) is 14.8 Å². The summed E-state index contributed by atoms with van der Waals surface area (Å²) in [4.78, 5) is 21.1. The monoisotopic (exact) mass is 393 g/mol. The molecule has 29 heavy (non-hydrogen) atoms. The Morgan fingerprint density at radius 1 is 1.28 bits per heavy atom. The van der Waals surface area contributed by atoms with Gasteiger partial charge < -0.3 is 9.73 Å². The zero-order valence-electron chi connectivity index (χ0n) is 15.1. The average Bonchev–Trinajstić information content (AvgIpc) is 3.42. The SMILES string of the molecule is Cn1ncc2c(F)c(C(=O)Nc3ccc4c(c3)C(c3ncco3)=NC4)c(F)cc21. The Morgan fingerprint density at radius 3 is 2.93 bits per heavy atom. The lowest BCUT2D eigenvalue weighted by Crippen LogP contribution is -2.16. The maximum Gasteiger partial charge on any atom is 0.261 e. The Hall–Kier alpha value is -3.88. The van der Waals surface area contributed by atoms with Crippen molar-refractivity contribution in [3.05, 3.63) is 77.1 Å². The number of halogens is 2. The van der Waals surface area contributed by atoms with Crippen molar-refractivity contribution in [3.63, 3.8) is 0 Å². The second-order valence-corrected chi connectivity index (χ2v) is 6.58. The first kappa shape index (κ1) is 17.2. The molecule has 0 saturated heterocycles. The van der Waals surface area contributed by atoms with E-state index in [9.17, 15) is 13.6 Å². The normalized spacial score (nSPS) is 12.9. The van der Waals surface area contributed by atoms with Gasteiger partial charge in [0, 0.05) is 24.4 Å². The van der Waals surface area contributed by atoms with E-state index in [0.717, 1.165) is 17.2 Å². The molecule has 3 heterocycles. The van der Waals surface area contributed by atoms with E-state index in [0.29, 0.717) is 23.8 Å². The first-order valence-corrected chi connectivity index (χ1v) is 8.71. The predicted octanol–water partition coefficient (Wildman–Crippen LogP) is 3.44. The molecule has 1 aliphatic rings. The highest BCUT2D eigenvalue weighted by molar-refractivity contribution is 6.13. The third-order valence-corrected chi connectivity index (χ3v) is 4.84. The number of benzene rings is 2. The Morgan fingerprint density at radius 2 is 2.14 bits per heavy atom. The fraction of sp³-hybridized carbons (Fsp3) is 0.100. The van der Waals surface area contributed by atoms with E-state index in [4.69, 9.17) is 4.42 Å². The summed E-state index contributed by atoms with van der Waals surface area (Å²) in [6, 6.07) is 6.22. The summed E-state index contributed by atoms with van der Waals surface area (Å²) in [5, 5.41) is 6.53. The number of aromatic nitrogens is 3. The van der Waals surface area contributed by atoms with Gasteiger partial charge in [0.2, 0.25) is 5.89 Å². The molecule has 0 spiro atoms. The third kappa shape index (κ3) is 2.70. The lowest BCUT2D eigenvalue weighted by molar-refractivity contribution is 0.101. The van der Waals surface area contributed by atoms with Crippen molar-refractivity contribution in [2.75, 3.05) is 5.32 Å². The van der Waals surface area contributed by atoms with Crippen LogP contribution >= 0.6 is 0 Å². The van der Waals surface area contributed by atoms with Crippen LogP contribution in [0.4, 0.5) is 14.5 Å². The van der Waals surface area contributed by atoms with E-state index in [1.165, 1.54) is 23.3 Å².